The summed E-state index contributed by atoms with van der Waals surface area (Å²) in [5.41, 5.74) is 17.1. The summed E-state index contributed by atoms with van der Waals surface area (Å²) in [6.45, 7) is 8.88. The molecule has 36 heteroatoms. The summed E-state index contributed by atoms with van der Waals surface area (Å²) in [6.07, 6.45) is -0.311. The van der Waals surface area contributed by atoms with E-state index >= 15 is 4.79 Å². The average Bonchev–Trinajstić information content (AvgIpc) is 1.69. The Bertz CT molecular complexity index is 2790. The van der Waals surface area contributed by atoms with E-state index < -0.39 is 145 Å². The van der Waals surface area contributed by atoms with Crippen molar-refractivity contribution in [1.82, 2.24) is 68.3 Å². The maximum absolute atomic E-state index is 15.0. The zero-order chi connectivity index (χ0) is 73.9. The number of aliphatic carboxylic acids is 1. The molecule has 1 aromatic rings. The van der Waals surface area contributed by atoms with Crippen LogP contribution >= 0.6 is 21.6 Å². The maximum atomic E-state index is 15.0. The minimum Gasteiger partial charge on any atom is -0.481 e. The number of nitrogens with zero attached hydrogens (tertiary/aromatic N) is 2. The number of aliphatic hydroxyl groups excluding tert-OH is 1. The largest absolute Gasteiger partial charge is 0.481 e. The number of carboxylic acid groups (broad SMARTS) is 1. The molecule has 3 saturated heterocycles. The number of fused-ring (bicyclic) bond motifs is 2. The van der Waals surface area contributed by atoms with Crippen molar-refractivity contribution in [2.75, 3.05) is 123 Å². The van der Waals surface area contributed by atoms with Crippen molar-refractivity contribution in [1.29, 1.82) is 0 Å². The second kappa shape index (κ2) is 49.3. The Kier molecular flexibility index (Phi) is 42.1. The molecule has 1 aromatic carbocycles. The van der Waals surface area contributed by atoms with E-state index in [1.807, 2.05) is 6.92 Å². The molecular weight excluding hydrogens is 1360 g/mol. The third-order valence-corrected chi connectivity index (χ3v) is 19.0. The summed E-state index contributed by atoms with van der Waals surface area (Å²) in [6, 6.07) is -2.76. The van der Waals surface area contributed by atoms with Crippen molar-refractivity contribution in [3.8, 4) is 0 Å². The van der Waals surface area contributed by atoms with E-state index in [1.165, 1.54) is 16.7 Å². The van der Waals surface area contributed by atoms with Crippen LogP contribution < -0.4 is 75.7 Å². The number of carbonyl (C=O) groups excluding carboxylic acids is 12. The minimum absolute atomic E-state index is 0.0582. The van der Waals surface area contributed by atoms with Crippen LogP contribution in [0.25, 0.3) is 0 Å². The smallest absolute Gasteiger partial charge is 0.305 e. The van der Waals surface area contributed by atoms with Gasteiger partial charge in [0.15, 0.2) is 0 Å². The topological polar surface area (TPSA) is 507 Å². The molecule has 0 bridgehead atoms. The zero-order valence-corrected chi connectivity index (χ0v) is 59.7. The third kappa shape index (κ3) is 33.1. The summed E-state index contributed by atoms with van der Waals surface area (Å²) in [4.78, 5) is 181. The van der Waals surface area contributed by atoms with Crippen molar-refractivity contribution < 1.29 is 86.8 Å². The lowest BCUT2D eigenvalue weighted by Crippen LogP contribution is -2.61. The molecular formula is C65H108N16O18S2. The molecule has 0 aliphatic carbocycles. The number of ether oxygens (including phenoxy) is 3. The van der Waals surface area contributed by atoms with Crippen LogP contribution in [0.15, 0.2) is 30.3 Å². The van der Waals surface area contributed by atoms with Crippen LogP contribution in [-0.2, 0) is 83.0 Å². The SMILES string of the molecule is CCCC[C@H](NC(=O)CCC(=O)NCCCOCCOCCOCCCNC(=O)C(CNCCN)CNCCN)C(=O)N[C@H]1CSSC[C@@H](C(=O)NCCC(=O)O)NC(=O)[C@H](Cc2ccccc2)NC(=O)[C@H](CCC(N)=O)NC(=O)[C@H]([C@@H](C)O)NC(=O)[C@@H]2CCCN2C(=O)[C@@H]2CCCN2C1=O. The van der Waals surface area contributed by atoms with Gasteiger partial charge in [0.2, 0.25) is 70.9 Å². The lowest BCUT2D eigenvalue weighted by molar-refractivity contribution is -0.148. The summed E-state index contributed by atoms with van der Waals surface area (Å²) in [5, 5.41) is 50.6. The average molecular weight is 1470 g/mol. The minimum atomic E-state index is -1.74. The first-order valence-corrected chi connectivity index (χ1v) is 37.3. The van der Waals surface area contributed by atoms with E-state index in [-0.39, 0.29) is 88.0 Å². The van der Waals surface area contributed by atoms with Crippen molar-refractivity contribution in [2.24, 2.45) is 23.1 Å². The Morgan fingerprint density at radius 2 is 1.22 bits per heavy atom. The molecule has 4 rings (SSSR count). The molecule has 3 aliphatic rings. The first kappa shape index (κ1) is 86.1. The van der Waals surface area contributed by atoms with Crippen molar-refractivity contribution in [2.45, 2.75) is 165 Å². The van der Waals surface area contributed by atoms with Crippen LogP contribution in [0.4, 0.5) is 0 Å². The van der Waals surface area contributed by atoms with Gasteiger partial charge in [-0.3, -0.25) is 62.3 Å². The molecule has 3 heterocycles. The summed E-state index contributed by atoms with van der Waals surface area (Å²) in [5.74, 6) is -10.6. The second-order valence-electron chi connectivity index (χ2n) is 24.7. The molecule has 568 valence electrons. The predicted molar refractivity (Wildman–Crippen MR) is 375 cm³/mol. The van der Waals surface area contributed by atoms with Gasteiger partial charge in [0.1, 0.15) is 48.3 Å². The highest BCUT2D eigenvalue weighted by Crippen LogP contribution is 2.29. The number of nitrogens with one attached hydrogen (secondary N) is 11. The number of benzene rings is 1. The molecule has 19 N–H and O–H groups in total. The van der Waals surface area contributed by atoms with Gasteiger partial charge in [-0.1, -0.05) is 71.7 Å². The molecule has 12 amide bonds. The fourth-order valence-electron chi connectivity index (χ4n) is 11.1. The van der Waals surface area contributed by atoms with Crippen LogP contribution in [0, 0.1) is 5.92 Å². The molecule has 101 heavy (non-hydrogen) atoms. The number of hydrogen-bond donors (Lipinski definition) is 16. The number of nitrogens with two attached hydrogens (primary N) is 3. The number of amides is 12. The highest BCUT2D eigenvalue weighted by molar-refractivity contribution is 8.76. The molecule has 0 aromatic heterocycles. The number of hydrogen-bond acceptors (Lipinski definition) is 23. The van der Waals surface area contributed by atoms with Gasteiger partial charge in [-0.05, 0) is 63.9 Å². The van der Waals surface area contributed by atoms with Crippen molar-refractivity contribution in [3.63, 3.8) is 0 Å². The van der Waals surface area contributed by atoms with E-state index in [0.717, 1.165) is 21.6 Å². The number of aliphatic hydroxyl groups is 1. The Labute approximate surface area is 597 Å². The number of unbranched alkanes of at least 4 members (excludes halogenated alkanes) is 1. The normalized spacial score (nSPS) is 21.0. The van der Waals surface area contributed by atoms with Gasteiger partial charge in [-0.15, -0.1) is 0 Å². The molecule has 34 nitrogen and oxygen atoms in total. The first-order chi connectivity index (χ1) is 48.6. The number of rotatable bonds is 42. The quantitative estimate of drug-likeness (QED) is 0.0217. The lowest BCUT2D eigenvalue weighted by Gasteiger charge is -2.33. The van der Waals surface area contributed by atoms with Crippen LogP contribution in [0.5, 0.6) is 0 Å². The maximum Gasteiger partial charge on any atom is 0.305 e. The zero-order valence-electron chi connectivity index (χ0n) is 58.1. The standard InChI is InChI=1S/C65H108N16O18S2/c1-3-4-14-45(74-54(85)20-19-53(84)71-24-10-31-97-33-35-99-36-34-98-32-11-25-72-57(88)44(38-69-27-22-66)39-70-28-23-67)59(90)78-49-41-101-100-40-48(58(89)73-26-21-55(86)87)77-61(92)47(37-43-12-6-5-7-13-43)76-60(91)46(17-18-52(68)83)75-63(94)56(42(2)82)79-62(93)50-15-8-29-80(50)65(96)51-16-9-30-81(51)64(49)95/h5-7,12-13,42,44-51,56,69-70,82H,3-4,8-11,14-41,66-67H2,1-2H3,(H2,68,83)(H,71,84)(H,72,88)(H,73,89)(H,74,85)(H,75,94)(H,76,91)(H,77,92)(H,78,90)(H,79,93)(H,86,87)/t42-,45+,46+,47+,48+,49+,50+,51+,56+/m1/s1. The monoisotopic (exact) mass is 1460 g/mol. The van der Waals surface area contributed by atoms with Gasteiger partial charge in [0, 0.05) is 122 Å². The Hall–Kier alpha value is -7.29. The Balaban J connectivity index is 1.43. The number of carbonyl (C=O) groups is 13. The molecule has 0 spiro atoms. The Morgan fingerprint density at radius 3 is 1.83 bits per heavy atom. The molecule has 3 aliphatic heterocycles. The van der Waals surface area contributed by atoms with E-state index in [2.05, 4.69) is 58.5 Å². The van der Waals surface area contributed by atoms with Gasteiger partial charge in [-0.25, -0.2) is 0 Å². The van der Waals surface area contributed by atoms with E-state index in [9.17, 15) is 67.7 Å². The predicted octanol–water partition coefficient (Wildman–Crippen LogP) is -4.50. The van der Waals surface area contributed by atoms with E-state index in [1.54, 1.807) is 30.3 Å². The first-order valence-electron chi connectivity index (χ1n) is 34.8. The van der Waals surface area contributed by atoms with Crippen LogP contribution in [0.2, 0.25) is 0 Å². The summed E-state index contributed by atoms with van der Waals surface area (Å²) in [7, 11) is 1.99. The van der Waals surface area contributed by atoms with E-state index in [0.29, 0.717) is 130 Å². The highest BCUT2D eigenvalue weighted by Gasteiger charge is 2.45. The summed E-state index contributed by atoms with van der Waals surface area (Å²) < 4.78 is 16.8. The lowest BCUT2D eigenvalue weighted by atomic mass is 10.0. The highest BCUT2D eigenvalue weighted by atomic mass is 33.1. The molecule has 0 saturated carbocycles. The van der Waals surface area contributed by atoms with Crippen molar-refractivity contribution >= 4 is 98.4 Å². The van der Waals surface area contributed by atoms with Crippen LogP contribution in [0.1, 0.15) is 109 Å². The fraction of sp³-hybridized carbons (Fsp3) is 0.708. The Morgan fingerprint density at radius 1 is 0.634 bits per heavy atom. The van der Waals surface area contributed by atoms with Gasteiger partial charge < -0.3 is 110 Å². The fourth-order valence-corrected chi connectivity index (χ4v) is 13.4. The molecule has 0 radical (unpaired) electrons. The van der Waals surface area contributed by atoms with Crippen molar-refractivity contribution in [3.05, 3.63) is 35.9 Å². The molecule has 9 atom stereocenters. The van der Waals surface area contributed by atoms with Crippen LogP contribution in [-0.4, -0.2) is 274 Å². The number of primary amides is 1. The van der Waals surface area contributed by atoms with Gasteiger partial charge in [0.25, 0.3) is 0 Å². The third-order valence-electron chi connectivity index (χ3n) is 16.6. The number of carboxylic acids is 1. The summed E-state index contributed by atoms with van der Waals surface area (Å²) >= 11 is 0. The van der Waals surface area contributed by atoms with Gasteiger partial charge >= 0.3 is 5.97 Å². The van der Waals surface area contributed by atoms with Gasteiger partial charge in [-0.2, -0.15) is 0 Å². The van der Waals surface area contributed by atoms with Gasteiger partial charge in [0.05, 0.1) is 44.9 Å². The second-order valence-corrected chi connectivity index (χ2v) is 27.2. The van der Waals surface area contributed by atoms with E-state index in [4.69, 9.17) is 31.4 Å². The van der Waals surface area contributed by atoms with Crippen LogP contribution in [0.3, 0.4) is 0 Å². The molecule has 3 fully saturated rings. The molecule has 0 unspecified atom stereocenters.